The first-order chi connectivity index (χ1) is 8.50. The molecular weight excluding hydrogens is 244 g/mol. The highest BCUT2D eigenvalue weighted by molar-refractivity contribution is 7.99. The van der Waals surface area contributed by atoms with Gasteiger partial charge in [0, 0.05) is 17.2 Å². The van der Waals surface area contributed by atoms with Crippen LogP contribution < -0.4 is 10.6 Å². The van der Waals surface area contributed by atoms with E-state index in [9.17, 15) is 4.79 Å². The average molecular weight is 270 g/mol. The van der Waals surface area contributed by atoms with Crippen molar-refractivity contribution in [2.24, 2.45) is 11.8 Å². The first kappa shape index (κ1) is 14.2. The molecule has 2 fully saturated rings. The molecule has 0 aromatic rings. The Hall–Kier alpha value is -0.220. The van der Waals surface area contributed by atoms with Gasteiger partial charge in [0.25, 0.3) is 0 Å². The summed E-state index contributed by atoms with van der Waals surface area (Å²) in [6, 6.07) is 0.0228. The molecular formula is C14H26N2OS. The summed E-state index contributed by atoms with van der Waals surface area (Å²) < 4.78 is 0. The Balaban J connectivity index is 1.83. The fourth-order valence-corrected chi connectivity index (χ4v) is 3.96. The molecule has 4 heteroatoms. The molecule has 0 radical (unpaired) electrons. The second-order valence-corrected chi connectivity index (χ2v) is 7.43. The molecule has 1 amide bonds. The molecule has 1 aliphatic carbocycles. The lowest BCUT2D eigenvalue weighted by Gasteiger charge is -2.40. The van der Waals surface area contributed by atoms with Crippen molar-refractivity contribution in [1.82, 2.24) is 10.6 Å². The van der Waals surface area contributed by atoms with Crippen LogP contribution >= 0.6 is 11.8 Å². The van der Waals surface area contributed by atoms with Crippen molar-refractivity contribution in [2.45, 2.75) is 58.0 Å². The predicted molar refractivity (Wildman–Crippen MR) is 77.6 cm³/mol. The van der Waals surface area contributed by atoms with Crippen LogP contribution in [0.2, 0.25) is 0 Å². The quantitative estimate of drug-likeness (QED) is 0.827. The Morgan fingerprint density at radius 2 is 2.06 bits per heavy atom. The zero-order chi connectivity index (χ0) is 13.2. The van der Waals surface area contributed by atoms with Crippen LogP contribution in [0, 0.1) is 11.8 Å². The first-order valence-corrected chi connectivity index (χ1v) is 8.29. The van der Waals surface area contributed by atoms with Gasteiger partial charge >= 0.3 is 0 Å². The van der Waals surface area contributed by atoms with Crippen molar-refractivity contribution in [1.29, 1.82) is 0 Å². The van der Waals surface area contributed by atoms with Crippen molar-refractivity contribution in [2.75, 3.05) is 11.6 Å². The third-order valence-electron chi connectivity index (χ3n) is 4.53. The minimum Gasteiger partial charge on any atom is -0.350 e. The Labute approximate surface area is 115 Å². The fourth-order valence-electron chi connectivity index (χ4n) is 3.02. The maximum absolute atomic E-state index is 12.1. The number of thioether (sulfide) groups is 1. The largest absolute Gasteiger partial charge is 0.350 e. The summed E-state index contributed by atoms with van der Waals surface area (Å²) in [6.45, 7) is 6.83. The molecule has 2 aliphatic rings. The van der Waals surface area contributed by atoms with Crippen LogP contribution in [0.25, 0.3) is 0 Å². The molecule has 1 saturated carbocycles. The van der Waals surface area contributed by atoms with E-state index in [1.54, 1.807) is 11.8 Å². The summed E-state index contributed by atoms with van der Waals surface area (Å²) >= 11 is 1.80. The van der Waals surface area contributed by atoms with Gasteiger partial charge < -0.3 is 5.32 Å². The molecule has 1 aliphatic heterocycles. The molecule has 3 nitrogen and oxygen atoms in total. The Morgan fingerprint density at radius 1 is 1.39 bits per heavy atom. The fraction of sp³-hybridized carbons (Fsp3) is 0.929. The standard InChI is InChI=1S/C14H26N2OS/c1-10(2)11-4-6-14(3,7-5-11)16-13(17)12-8-18-9-15-12/h10-12,15H,4-9H2,1-3H3,(H,16,17)/t11?,12-,14?/m0/s1. The molecule has 0 spiro atoms. The molecule has 1 heterocycles. The zero-order valence-corrected chi connectivity index (χ0v) is 12.6. The van der Waals surface area contributed by atoms with Gasteiger partial charge in [0.1, 0.15) is 0 Å². The van der Waals surface area contributed by atoms with Gasteiger partial charge in [-0.25, -0.2) is 0 Å². The van der Waals surface area contributed by atoms with Crippen LogP contribution in [0.5, 0.6) is 0 Å². The van der Waals surface area contributed by atoms with Crippen molar-refractivity contribution in [3.63, 3.8) is 0 Å². The molecule has 0 bridgehead atoms. The summed E-state index contributed by atoms with van der Waals surface area (Å²) in [5.41, 5.74) is 0.0252. The summed E-state index contributed by atoms with van der Waals surface area (Å²) in [5, 5.41) is 6.52. The summed E-state index contributed by atoms with van der Waals surface area (Å²) in [4.78, 5) is 12.1. The molecule has 18 heavy (non-hydrogen) atoms. The van der Waals surface area contributed by atoms with Gasteiger partial charge in [0.15, 0.2) is 0 Å². The number of carbonyl (C=O) groups is 1. The topological polar surface area (TPSA) is 41.1 Å². The maximum Gasteiger partial charge on any atom is 0.238 e. The smallest absolute Gasteiger partial charge is 0.238 e. The molecule has 0 aromatic carbocycles. The lowest BCUT2D eigenvalue weighted by molar-refractivity contribution is -0.124. The molecule has 2 N–H and O–H groups in total. The zero-order valence-electron chi connectivity index (χ0n) is 11.8. The Morgan fingerprint density at radius 3 is 2.56 bits per heavy atom. The maximum atomic E-state index is 12.1. The van der Waals surface area contributed by atoms with Gasteiger partial charge in [-0.05, 0) is 44.4 Å². The second-order valence-electron chi connectivity index (χ2n) is 6.40. The number of amides is 1. The van der Waals surface area contributed by atoms with Crippen molar-refractivity contribution < 1.29 is 4.79 Å². The van der Waals surface area contributed by atoms with E-state index in [-0.39, 0.29) is 17.5 Å². The molecule has 104 valence electrons. The number of hydrogen-bond acceptors (Lipinski definition) is 3. The van der Waals surface area contributed by atoms with Gasteiger partial charge in [-0.3, -0.25) is 10.1 Å². The van der Waals surface area contributed by atoms with Gasteiger partial charge in [-0.15, -0.1) is 11.8 Å². The lowest BCUT2D eigenvalue weighted by atomic mass is 9.73. The number of nitrogens with one attached hydrogen (secondary N) is 2. The van der Waals surface area contributed by atoms with Crippen LogP contribution in [0.3, 0.4) is 0 Å². The van der Waals surface area contributed by atoms with Gasteiger partial charge in [0.05, 0.1) is 6.04 Å². The first-order valence-electron chi connectivity index (χ1n) is 7.13. The Bertz CT molecular complexity index is 292. The summed E-state index contributed by atoms with van der Waals surface area (Å²) in [7, 11) is 0. The van der Waals surface area contributed by atoms with Gasteiger partial charge in [-0.1, -0.05) is 13.8 Å². The minimum absolute atomic E-state index is 0.0228. The highest BCUT2D eigenvalue weighted by Crippen LogP contribution is 2.35. The SMILES string of the molecule is CC(C)C1CCC(C)(NC(=O)[C@@H]2CSCN2)CC1. The van der Waals surface area contributed by atoms with E-state index in [1.807, 2.05) is 0 Å². The van der Waals surface area contributed by atoms with Crippen LogP contribution in [-0.4, -0.2) is 29.1 Å². The summed E-state index contributed by atoms with van der Waals surface area (Å²) in [6.07, 6.45) is 4.76. The van der Waals surface area contributed by atoms with Gasteiger partial charge in [-0.2, -0.15) is 0 Å². The number of carbonyl (C=O) groups excluding carboxylic acids is 1. The monoisotopic (exact) mass is 270 g/mol. The molecule has 2 rings (SSSR count). The van der Waals surface area contributed by atoms with E-state index in [0.29, 0.717) is 0 Å². The number of hydrogen-bond donors (Lipinski definition) is 2. The Kier molecular flexibility index (Phi) is 4.59. The molecule has 0 unspecified atom stereocenters. The van der Waals surface area contributed by atoms with E-state index in [4.69, 9.17) is 0 Å². The van der Waals surface area contributed by atoms with Crippen molar-refractivity contribution in [3.8, 4) is 0 Å². The van der Waals surface area contributed by atoms with Crippen LogP contribution in [0.1, 0.15) is 46.5 Å². The highest BCUT2D eigenvalue weighted by atomic mass is 32.2. The van der Waals surface area contributed by atoms with Crippen molar-refractivity contribution in [3.05, 3.63) is 0 Å². The summed E-state index contributed by atoms with van der Waals surface area (Å²) in [5.74, 6) is 3.64. The van der Waals surface area contributed by atoms with Gasteiger partial charge in [0.2, 0.25) is 5.91 Å². The predicted octanol–water partition coefficient (Wildman–Crippen LogP) is 2.37. The van der Waals surface area contributed by atoms with Crippen LogP contribution in [0.15, 0.2) is 0 Å². The second kappa shape index (κ2) is 5.83. The molecule has 0 aromatic heterocycles. The third kappa shape index (κ3) is 3.41. The lowest BCUT2D eigenvalue weighted by Crippen LogP contribution is -2.54. The molecule has 1 saturated heterocycles. The van der Waals surface area contributed by atoms with E-state index >= 15 is 0 Å². The van der Waals surface area contributed by atoms with Crippen molar-refractivity contribution >= 4 is 17.7 Å². The highest BCUT2D eigenvalue weighted by Gasteiger charge is 2.35. The third-order valence-corrected chi connectivity index (χ3v) is 5.47. The van der Waals surface area contributed by atoms with E-state index in [0.717, 1.165) is 36.3 Å². The van der Waals surface area contributed by atoms with Crippen LogP contribution in [0.4, 0.5) is 0 Å². The van der Waals surface area contributed by atoms with E-state index < -0.39 is 0 Å². The normalized spacial score (nSPS) is 36.9. The molecule has 1 atom stereocenters. The van der Waals surface area contributed by atoms with Crippen LogP contribution in [-0.2, 0) is 4.79 Å². The average Bonchev–Trinajstić information content (AvgIpc) is 2.82. The minimum atomic E-state index is 0.0228. The van der Waals surface area contributed by atoms with E-state index in [1.165, 1.54) is 12.8 Å². The number of rotatable bonds is 3. The van der Waals surface area contributed by atoms with E-state index in [2.05, 4.69) is 31.4 Å².